The third-order valence-corrected chi connectivity index (χ3v) is 3.13. The van der Waals surface area contributed by atoms with Crippen LogP contribution in [0.2, 0.25) is 0 Å². The molecule has 0 bridgehead atoms. The Morgan fingerprint density at radius 1 is 1.12 bits per heavy atom. The van der Waals surface area contributed by atoms with Crippen molar-refractivity contribution in [1.29, 1.82) is 0 Å². The highest BCUT2D eigenvalue weighted by molar-refractivity contribution is 5.28. The second-order valence-electron chi connectivity index (χ2n) is 5.53. The van der Waals surface area contributed by atoms with Crippen molar-refractivity contribution in [2.45, 2.75) is 47.0 Å². The molecule has 0 aliphatic heterocycles. The van der Waals surface area contributed by atoms with Gasteiger partial charge in [0.05, 0.1) is 6.61 Å². The molecule has 0 amide bonds. The van der Waals surface area contributed by atoms with Gasteiger partial charge in [-0.1, -0.05) is 46.8 Å². The Kier molecular flexibility index (Phi) is 4.40. The van der Waals surface area contributed by atoms with Crippen LogP contribution in [0.5, 0.6) is 5.75 Å². The van der Waals surface area contributed by atoms with Crippen LogP contribution in [0.4, 0.5) is 0 Å². The Hall–Kier alpha value is -0.980. The molecule has 1 rings (SSSR count). The van der Waals surface area contributed by atoms with Crippen molar-refractivity contribution in [2.24, 2.45) is 5.41 Å². The van der Waals surface area contributed by atoms with Crippen LogP contribution in [0.1, 0.15) is 52.5 Å². The largest absolute Gasteiger partial charge is 0.493 e. The average molecular weight is 220 g/mol. The first-order valence-corrected chi connectivity index (χ1v) is 6.17. The lowest BCUT2D eigenvalue weighted by Gasteiger charge is -2.22. The first kappa shape index (κ1) is 13.1. The molecule has 0 heterocycles. The second kappa shape index (κ2) is 5.38. The first-order chi connectivity index (χ1) is 7.44. The monoisotopic (exact) mass is 220 g/mol. The molecule has 0 aliphatic carbocycles. The summed E-state index contributed by atoms with van der Waals surface area (Å²) in [6.45, 7) is 11.9. The van der Waals surface area contributed by atoms with Gasteiger partial charge in [0.2, 0.25) is 0 Å². The van der Waals surface area contributed by atoms with Gasteiger partial charge in [0.25, 0.3) is 0 Å². The quantitative estimate of drug-likeness (QED) is 0.703. The summed E-state index contributed by atoms with van der Waals surface area (Å²) >= 11 is 0. The van der Waals surface area contributed by atoms with E-state index in [0.29, 0.717) is 5.92 Å². The first-order valence-electron chi connectivity index (χ1n) is 6.17. The van der Waals surface area contributed by atoms with Gasteiger partial charge in [0, 0.05) is 0 Å². The molecule has 0 N–H and O–H groups in total. The molecule has 0 aromatic heterocycles. The lowest BCUT2D eigenvalue weighted by Crippen LogP contribution is -2.20. The molecular formula is C15H24O. The Morgan fingerprint density at radius 2 is 1.69 bits per heavy atom. The van der Waals surface area contributed by atoms with E-state index in [1.54, 1.807) is 0 Å². The molecule has 1 nitrogen and oxygen atoms in total. The number of hydrogen-bond donors (Lipinski definition) is 0. The summed E-state index contributed by atoms with van der Waals surface area (Å²) in [6.07, 6.45) is 1.14. The van der Waals surface area contributed by atoms with Gasteiger partial charge in [-0.3, -0.25) is 0 Å². The summed E-state index contributed by atoms with van der Waals surface area (Å²) in [4.78, 5) is 0. The van der Waals surface area contributed by atoms with Crippen molar-refractivity contribution >= 4 is 0 Å². The number of ether oxygens (including phenoxy) is 1. The summed E-state index contributed by atoms with van der Waals surface area (Å²) in [5.74, 6) is 1.56. The molecule has 1 heteroatoms. The Balaban J connectivity index is 2.56. The van der Waals surface area contributed by atoms with Crippen molar-refractivity contribution in [3.05, 3.63) is 29.8 Å². The van der Waals surface area contributed by atoms with Gasteiger partial charge < -0.3 is 4.74 Å². The lowest BCUT2D eigenvalue weighted by atomic mass is 9.92. The van der Waals surface area contributed by atoms with Crippen LogP contribution in [0, 0.1) is 5.41 Å². The van der Waals surface area contributed by atoms with Crippen LogP contribution in [0.25, 0.3) is 0 Å². The summed E-state index contributed by atoms with van der Waals surface area (Å²) < 4.78 is 5.80. The van der Waals surface area contributed by atoms with E-state index < -0.39 is 0 Å². The van der Waals surface area contributed by atoms with Gasteiger partial charge in [-0.25, -0.2) is 0 Å². The van der Waals surface area contributed by atoms with E-state index >= 15 is 0 Å². The molecule has 0 unspecified atom stereocenters. The minimum atomic E-state index is 0.261. The molecule has 0 fully saturated rings. The fourth-order valence-corrected chi connectivity index (χ4v) is 1.33. The zero-order chi connectivity index (χ0) is 12.2. The Bertz CT molecular complexity index is 309. The van der Waals surface area contributed by atoms with Crippen LogP contribution < -0.4 is 4.74 Å². The number of rotatable bonds is 5. The molecular weight excluding hydrogens is 196 g/mol. The fourth-order valence-electron chi connectivity index (χ4n) is 1.33. The highest BCUT2D eigenvalue weighted by atomic mass is 16.5. The standard InChI is InChI=1S/C15H24O/c1-6-15(4,5)11-16-14-9-7-13(8-10-14)12(2)3/h7-10,12H,6,11H2,1-5H3. The topological polar surface area (TPSA) is 9.23 Å². The highest BCUT2D eigenvalue weighted by Gasteiger charge is 2.15. The van der Waals surface area contributed by atoms with Crippen molar-refractivity contribution in [3.63, 3.8) is 0 Å². The molecule has 16 heavy (non-hydrogen) atoms. The fraction of sp³-hybridized carbons (Fsp3) is 0.600. The van der Waals surface area contributed by atoms with Gasteiger partial charge in [0.15, 0.2) is 0 Å². The Morgan fingerprint density at radius 3 is 2.12 bits per heavy atom. The van der Waals surface area contributed by atoms with Crippen molar-refractivity contribution < 1.29 is 4.74 Å². The zero-order valence-electron chi connectivity index (χ0n) is 11.2. The summed E-state index contributed by atoms with van der Waals surface area (Å²) in [7, 11) is 0. The minimum Gasteiger partial charge on any atom is -0.493 e. The van der Waals surface area contributed by atoms with E-state index in [0.717, 1.165) is 18.8 Å². The molecule has 0 saturated heterocycles. The molecule has 0 saturated carbocycles. The highest BCUT2D eigenvalue weighted by Crippen LogP contribution is 2.23. The van der Waals surface area contributed by atoms with Gasteiger partial charge in [-0.2, -0.15) is 0 Å². The molecule has 1 aromatic carbocycles. The van der Waals surface area contributed by atoms with Crippen LogP contribution in [-0.4, -0.2) is 6.61 Å². The SMILES string of the molecule is CCC(C)(C)COc1ccc(C(C)C)cc1. The van der Waals surface area contributed by atoms with Gasteiger partial charge in [-0.15, -0.1) is 0 Å². The predicted octanol–water partition coefficient (Wildman–Crippen LogP) is 4.63. The van der Waals surface area contributed by atoms with E-state index in [1.807, 2.05) is 0 Å². The third kappa shape index (κ3) is 3.88. The van der Waals surface area contributed by atoms with Crippen molar-refractivity contribution in [2.75, 3.05) is 6.61 Å². The smallest absolute Gasteiger partial charge is 0.119 e. The molecule has 0 aliphatic rings. The van der Waals surface area contributed by atoms with Crippen LogP contribution in [-0.2, 0) is 0 Å². The molecule has 90 valence electrons. The molecule has 0 radical (unpaired) electrons. The van der Waals surface area contributed by atoms with Crippen LogP contribution in [0.15, 0.2) is 24.3 Å². The summed E-state index contributed by atoms with van der Waals surface area (Å²) in [5, 5.41) is 0. The summed E-state index contributed by atoms with van der Waals surface area (Å²) in [5.41, 5.74) is 1.62. The maximum absolute atomic E-state index is 5.80. The third-order valence-electron chi connectivity index (χ3n) is 3.13. The van der Waals surface area contributed by atoms with Gasteiger partial charge in [0.1, 0.15) is 5.75 Å². The molecule has 0 atom stereocenters. The number of benzene rings is 1. The van der Waals surface area contributed by atoms with Gasteiger partial charge >= 0.3 is 0 Å². The van der Waals surface area contributed by atoms with E-state index in [4.69, 9.17) is 4.74 Å². The van der Waals surface area contributed by atoms with E-state index in [-0.39, 0.29) is 5.41 Å². The molecule has 1 aromatic rings. The maximum Gasteiger partial charge on any atom is 0.119 e. The van der Waals surface area contributed by atoms with Gasteiger partial charge in [-0.05, 0) is 35.4 Å². The van der Waals surface area contributed by atoms with E-state index in [9.17, 15) is 0 Å². The number of hydrogen-bond acceptors (Lipinski definition) is 1. The van der Waals surface area contributed by atoms with Crippen LogP contribution >= 0.6 is 0 Å². The van der Waals surface area contributed by atoms with E-state index in [2.05, 4.69) is 58.9 Å². The van der Waals surface area contributed by atoms with Crippen molar-refractivity contribution in [3.8, 4) is 5.75 Å². The Labute approximate surface area is 99.8 Å². The van der Waals surface area contributed by atoms with Crippen molar-refractivity contribution in [1.82, 2.24) is 0 Å². The summed E-state index contributed by atoms with van der Waals surface area (Å²) in [6, 6.07) is 8.44. The van der Waals surface area contributed by atoms with Crippen LogP contribution in [0.3, 0.4) is 0 Å². The minimum absolute atomic E-state index is 0.261. The predicted molar refractivity (Wildman–Crippen MR) is 70.1 cm³/mol. The normalized spacial score (nSPS) is 11.9. The average Bonchev–Trinajstić information content (AvgIpc) is 2.27. The van der Waals surface area contributed by atoms with E-state index in [1.165, 1.54) is 5.56 Å². The maximum atomic E-state index is 5.80. The molecule has 0 spiro atoms. The second-order valence-corrected chi connectivity index (χ2v) is 5.53. The lowest BCUT2D eigenvalue weighted by molar-refractivity contribution is 0.175. The zero-order valence-corrected chi connectivity index (χ0v) is 11.2.